The van der Waals surface area contributed by atoms with Gasteiger partial charge in [-0.25, -0.2) is 0 Å². The molecule has 4 fully saturated rings. The Labute approximate surface area is 162 Å². The summed E-state index contributed by atoms with van der Waals surface area (Å²) >= 11 is 0. The van der Waals surface area contributed by atoms with E-state index >= 15 is 0 Å². The highest BCUT2D eigenvalue weighted by molar-refractivity contribution is 5.66. The average Bonchev–Trinajstić information content (AvgIpc) is 3.09. The molecule has 5 heteroatoms. The minimum Gasteiger partial charge on any atom is -0.481 e. The number of aliphatic hydroxyl groups excluding tert-OH is 1. The van der Waals surface area contributed by atoms with Crippen molar-refractivity contribution in [2.24, 2.45) is 5.92 Å². The van der Waals surface area contributed by atoms with Crippen LogP contribution in [0.2, 0.25) is 0 Å². The first-order valence-corrected chi connectivity index (χ1v) is 10.6. The van der Waals surface area contributed by atoms with E-state index in [9.17, 15) is 9.90 Å². The summed E-state index contributed by atoms with van der Waals surface area (Å²) in [4.78, 5) is 10.6. The van der Waals surface area contributed by atoms with Gasteiger partial charge >= 0.3 is 5.97 Å². The van der Waals surface area contributed by atoms with Crippen molar-refractivity contribution in [1.29, 1.82) is 0 Å². The Balaban J connectivity index is 1.56. The molecule has 4 aliphatic rings. The van der Waals surface area contributed by atoms with Gasteiger partial charge in [0, 0.05) is 25.2 Å². The molecular weight excluding hydrogens is 344 g/mol. The van der Waals surface area contributed by atoms with E-state index in [-0.39, 0.29) is 36.3 Å². The molecule has 0 spiro atoms. The smallest absolute Gasteiger partial charge is 0.303 e. The third-order valence-electron chi connectivity index (χ3n) is 6.22. The molecular formula is C22H34O5. The lowest BCUT2D eigenvalue weighted by molar-refractivity contribution is -0.137. The molecule has 4 bridgehead atoms. The second-order valence-electron chi connectivity index (χ2n) is 8.29. The Morgan fingerprint density at radius 3 is 2.81 bits per heavy atom. The molecule has 5 nitrogen and oxygen atoms in total. The summed E-state index contributed by atoms with van der Waals surface area (Å²) in [5.74, 6) is -0.473. The van der Waals surface area contributed by atoms with Gasteiger partial charge in [-0.3, -0.25) is 4.79 Å². The number of allylic oxidation sites excluding steroid dienone is 2. The van der Waals surface area contributed by atoms with E-state index in [0.29, 0.717) is 6.42 Å². The molecule has 4 rings (SSSR count). The van der Waals surface area contributed by atoms with Crippen LogP contribution in [0, 0.1) is 5.92 Å². The standard InChI is InChI=1S/C22H34O5/c1-2-3-6-9-16(23)12-13-22-15-20-19(27-22)14-18(26-20)17(22)10-7-4-5-8-11-21(24)25/h4,7,12-13,16-20,23H,2-3,5-6,8-11,14-15H2,1H3,(H,24,25)/b7-4-,13-12+/t16?,17-,18?,19?,20?,22-/m0/s1. The van der Waals surface area contributed by atoms with Crippen molar-refractivity contribution < 1.29 is 24.5 Å². The quantitative estimate of drug-likeness (QED) is 0.396. The van der Waals surface area contributed by atoms with Crippen molar-refractivity contribution >= 4 is 5.97 Å². The zero-order valence-corrected chi connectivity index (χ0v) is 16.4. The van der Waals surface area contributed by atoms with Gasteiger partial charge in [0.15, 0.2) is 0 Å². The fraction of sp³-hybridized carbons (Fsp3) is 0.773. The lowest BCUT2D eigenvalue weighted by atomic mass is 9.76. The second-order valence-corrected chi connectivity index (χ2v) is 8.29. The van der Waals surface area contributed by atoms with E-state index in [1.54, 1.807) is 0 Å². The lowest BCUT2D eigenvalue weighted by Gasteiger charge is -2.43. The number of carboxylic acids is 1. The average molecular weight is 379 g/mol. The Kier molecular flexibility index (Phi) is 7.12. The maximum absolute atomic E-state index is 10.6. The Morgan fingerprint density at radius 1 is 1.22 bits per heavy atom. The number of aliphatic hydroxyl groups is 1. The number of carbonyl (C=O) groups is 1. The molecule has 6 atom stereocenters. The van der Waals surface area contributed by atoms with Gasteiger partial charge in [0.2, 0.25) is 0 Å². The van der Waals surface area contributed by atoms with E-state index in [0.717, 1.165) is 51.4 Å². The molecule has 2 N–H and O–H groups in total. The molecule has 4 aliphatic heterocycles. The van der Waals surface area contributed by atoms with Crippen LogP contribution >= 0.6 is 0 Å². The molecule has 0 aliphatic carbocycles. The van der Waals surface area contributed by atoms with Crippen LogP contribution in [-0.2, 0) is 14.3 Å². The van der Waals surface area contributed by atoms with Crippen LogP contribution in [0.25, 0.3) is 0 Å². The van der Waals surface area contributed by atoms with Gasteiger partial charge in [0.05, 0.1) is 30.0 Å². The van der Waals surface area contributed by atoms with Crippen LogP contribution in [0.15, 0.2) is 24.3 Å². The number of ether oxygens (including phenoxy) is 2. The van der Waals surface area contributed by atoms with Crippen molar-refractivity contribution in [1.82, 2.24) is 0 Å². The van der Waals surface area contributed by atoms with Crippen LogP contribution in [0.5, 0.6) is 0 Å². The topological polar surface area (TPSA) is 76.0 Å². The van der Waals surface area contributed by atoms with Crippen LogP contribution in [0.3, 0.4) is 0 Å². The summed E-state index contributed by atoms with van der Waals surface area (Å²) in [6.07, 6.45) is 17.1. The number of aliphatic carboxylic acids is 1. The van der Waals surface area contributed by atoms with E-state index in [1.165, 1.54) is 0 Å². The van der Waals surface area contributed by atoms with Crippen molar-refractivity contribution in [3.63, 3.8) is 0 Å². The zero-order chi connectivity index (χ0) is 19.3. The number of rotatable bonds is 12. The van der Waals surface area contributed by atoms with Crippen molar-refractivity contribution in [2.45, 2.75) is 101 Å². The molecule has 0 aromatic carbocycles. The Morgan fingerprint density at radius 2 is 2.07 bits per heavy atom. The summed E-state index contributed by atoms with van der Waals surface area (Å²) in [6, 6.07) is 0. The highest BCUT2D eigenvalue weighted by atomic mass is 16.6. The van der Waals surface area contributed by atoms with Crippen LogP contribution in [-0.4, -0.2) is 46.2 Å². The number of hydrogen-bond acceptors (Lipinski definition) is 4. The van der Waals surface area contributed by atoms with E-state index in [1.807, 2.05) is 6.08 Å². The summed E-state index contributed by atoms with van der Waals surface area (Å²) in [5, 5.41) is 19.0. The minimum atomic E-state index is -0.739. The predicted molar refractivity (Wildman–Crippen MR) is 104 cm³/mol. The first kappa shape index (κ1) is 20.6. The fourth-order valence-electron chi connectivity index (χ4n) is 4.80. The highest BCUT2D eigenvalue weighted by Gasteiger charge is 2.62. The minimum absolute atomic E-state index is 0.202. The maximum atomic E-state index is 10.6. The van der Waals surface area contributed by atoms with E-state index in [2.05, 4.69) is 25.2 Å². The molecule has 27 heavy (non-hydrogen) atoms. The molecule has 4 heterocycles. The largest absolute Gasteiger partial charge is 0.481 e. The van der Waals surface area contributed by atoms with Gasteiger partial charge in [-0.1, -0.05) is 50.5 Å². The monoisotopic (exact) mass is 378 g/mol. The van der Waals surface area contributed by atoms with Gasteiger partial charge in [0.1, 0.15) is 0 Å². The summed E-state index contributed by atoms with van der Waals surface area (Å²) in [5.41, 5.74) is -0.312. The normalized spacial score (nSPS) is 35.6. The van der Waals surface area contributed by atoms with Crippen molar-refractivity contribution in [3.8, 4) is 0 Å². The Bertz CT molecular complexity index is 541. The number of unbranched alkanes of at least 4 members (excludes halogenated alkanes) is 3. The summed E-state index contributed by atoms with van der Waals surface area (Å²) < 4.78 is 12.6. The summed E-state index contributed by atoms with van der Waals surface area (Å²) in [6.45, 7) is 2.17. The van der Waals surface area contributed by atoms with Gasteiger partial charge in [-0.15, -0.1) is 0 Å². The third-order valence-corrected chi connectivity index (χ3v) is 6.22. The fourth-order valence-corrected chi connectivity index (χ4v) is 4.80. The van der Waals surface area contributed by atoms with E-state index < -0.39 is 12.1 Å². The van der Waals surface area contributed by atoms with E-state index in [4.69, 9.17) is 14.6 Å². The molecule has 0 aromatic rings. The van der Waals surface area contributed by atoms with Gasteiger partial charge in [-0.05, 0) is 25.7 Å². The predicted octanol–water partition coefficient (Wildman–Crippen LogP) is 4.00. The number of hydrogen-bond donors (Lipinski definition) is 2. The first-order chi connectivity index (χ1) is 13.0. The lowest BCUT2D eigenvalue weighted by Crippen LogP contribution is -2.48. The Hall–Kier alpha value is -1.17. The molecule has 0 radical (unpaired) electrons. The molecule has 0 amide bonds. The van der Waals surface area contributed by atoms with Crippen LogP contribution in [0.4, 0.5) is 0 Å². The van der Waals surface area contributed by atoms with Gasteiger partial charge in [0.25, 0.3) is 0 Å². The first-order valence-electron chi connectivity index (χ1n) is 10.6. The van der Waals surface area contributed by atoms with Gasteiger partial charge < -0.3 is 19.7 Å². The van der Waals surface area contributed by atoms with Gasteiger partial charge in [-0.2, -0.15) is 0 Å². The molecule has 0 saturated carbocycles. The molecule has 152 valence electrons. The molecule has 0 aromatic heterocycles. The van der Waals surface area contributed by atoms with Crippen molar-refractivity contribution in [2.75, 3.05) is 0 Å². The highest BCUT2D eigenvalue weighted by Crippen LogP contribution is 2.55. The third kappa shape index (κ3) is 5.01. The maximum Gasteiger partial charge on any atom is 0.303 e. The number of carboxylic acid groups (broad SMARTS) is 1. The van der Waals surface area contributed by atoms with Crippen LogP contribution in [0.1, 0.15) is 71.1 Å². The van der Waals surface area contributed by atoms with Crippen molar-refractivity contribution in [3.05, 3.63) is 24.3 Å². The zero-order valence-electron chi connectivity index (χ0n) is 16.4. The SMILES string of the molecule is CCCCCC(O)/C=C/[C@@]12CC3OC(CC3O1)[C@@H]2C/C=C\CCCC(=O)O. The molecule has 4 saturated heterocycles. The van der Waals surface area contributed by atoms with Crippen LogP contribution < -0.4 is 0 Å². The second kappa shape index (κ2) is 9.35. The molecule has 4 unspecified atom stereocenters. The summed E-state index contributed by atoms with van der Waals surface area (Å²) in [7, 11) is 0.